The average molecular weight is 664 g/mol. The fraction of sp³-hybridized carbons (Fsp3) is 0.0208. The summed E-state index contributed by atoms with van der Waals surface area (Å²) in [6.07, 6.45) is 0.516. The van der Waals surface area contributed by atoms with Gasteiger partial charge in [-0.25, -0.2) is 15.0 Å². The van der Waals surface area contributed by atoms with Gasteiger partial charge in [-0.2, -0.15) is 0 Å². The molecule has 2 aromatic heterocycles. The molecule has 10 aromatic rings. The third-order valence-corrected chi connectivity index (χ3v) is 10.5. The van der Waals surface area contributed by atoms with E-state index < -0.39 is 0 Å². The Bertz CT molecular complexity index is 3020. The van der Waals surface area contributed by atoms with Gasteiger partial charge in [0.2, 0.25) is 0 Å². The second kappa shape index (κ2) is 11.3. The Labute approximate surface area is 299 Å². The first-order chi connectivity index (χ1) is 25.8. The van der Waals surface area contributed by atoms with Crippen molar-refractivity contribution >= 4 is 43.5 Å². The fourth-order valence-corrected chi connectivity index (χ4v) is 8.20. The molecule has 11 rings (SSSR count). The van der Waals surface area contributed by atoms with Crippen molar-refractivity contribution in [3.8, 4) is 56.2 Å². The summed E-state index contributed by atoms with van der Waals surface area (Å²) in [6, 6.07) is 57.7. The molecule has 0 aliphatic heterocycles. The Balaban J connectivity index is 1.10. The van der Waals surface area contributed by atoms with Gasteiger partial charge in [-0.15, -0.1) is 0 Å². The summed E-state index contributed by atoms with van der Waals surface area (Å²) < 4.78 is 6.59. The zero-order valence-corrected chi connectivity index (χ0v) is 28.0. The summed E-state index contributed by atoms with van der Waals surface area (Å²) in [5.74, 6) is 2.03. The van der Waals surface area contributed by atoms with Crippen molar-refractivity contribution < 1.29 is 4.42 Å². The zero-order valence-electron chi connectivity index (χ0n) is 28.0. The summed E-state index contributed by atoms with van der Waals surface area (Å²) in [5, 5.41) is 7.09. The first-order valence-corrected chi connectivity index (χ1v) is 17.7. The van der Waals surface area contributed by atoms with Crippen LogP contribution in [0.3, 0.4) is 0 Å². The minimum atomic E-state index is 0.516. The van der Waals surface area contributed by atoms with Crippen LogP contribution >= 0.6 is 0 Å². The SMILES string of the molecule is c1ccc(-c2nc(Cc3cccc4oc5cccc(-c6ccc7c8c(cccc68)-c6ccccc6-7)c5c34)nc(-c3ccc4ccccc4c3)n2)cc1. The molecule has 0 radical (unpaired) electrons. The predicted molar refractivity (Wildman–Crippen MR) is 212 cm³/mol. The average Bonchev–Trinajstić information content (AvgIpc) is 3.76. The number of nitrogens with zero attached hydrogens (tertiary/aromatic N) is 3. The van der Waals surface area contributed by atoms with E-state index in [1.54, 1.807) is 0 Å². The Hall–Kier alpha value is -6.91. The summed E-state index contributed by atoms with van der Waals surface area (Å²) in [7, 11) is 0. The molecule has 4 heteroatoms. The van der Waals surface area contributed by atoms with Gasteiger partial charge in [-0.1, -0.05) is 146 Å². The molecule has 1 aliphatic carbocycles. The number of rotatable bonds is 5. The van der Waals surface area contributed by atoms with E-state index in [0.717, 1.165) is 49.6 Å². The molecule has 242 valence electrons. The topological polar surface area (TPSA) is 51.8 Å². The molecule has 0 atom stereocenters. The highest BCUT2D eigenvalue weighted by atomic mass is 16.3. The van der Waals surface area contributed by atoms with E-state index in [-0.39, 0.29) is 0 Å². The number of aromatic nitrogens is 3. The number of hydrogen-bond acceptors (Lipinski definition) is 4. The molecule has 0 saturated carbocycles. The first kappa shape index (κ1) is 28.9. The molecule has 0 spiro atoms. The van der Waals surface area contributed by atoms with Crippen LogP contribution in [-0.2, 0) is 6.42 Å². The van der Waals surface area contributed by atoms with Gasteiger partial charge in [-0.3, -0.25) is 0 Å². The van der Waals surface area contributed by atoms with Gasteiger partial charge in [0.25, 0.3) is 0 Å². The van der Waals surface area contributed by atoms with Crippen molar-refractivity contribution in [2.24, 2.45) is 0 Å². The lowest BCUT2D eigenvalue weighted by Crippen LogP contribution is -2.04. The number of benzene rings is 8. The maximum absolute atomic E-state index is 6.59. The highest BCUT2D eigenvalue weighted by Crippen LogP contribution is 2.50. The summed E-state index contributed by atoms with van der Waals surface area (Å²) in [5.41, 5.74) is 12.3. The van der Waals surface area contributed by atoms with Crippen LogP contribution in [0, 0.1) is 0 Å². The third-order valence-electron chi connectivity index (χ3n) is 10.5. The highest BCUT2D eigenvalue weighted by Gasteiger charge is 2.24. The Kier molecular flexibility index (Phi) is 6.28. The summed E-state index contributed by atoms with van der Waals surface area (Å²) in [4.78, 5) is 15.2. The van der Waals surface area contributed by atoms with Crippen LogP contribution in [-0.4, -0.2) is 15.0 Å². The lowest BCUT2D eigenvalue weighted by molar-refractivity contribution is 0.669. The first-order valence-electron chi connectivity index (χ1n) is 17.7. The maximum atomic E-state index is 6.59. The molecule has 52 heavy (non-hydrogen) atoms. The molecular formula is C48H29N3O. The number of hydrogen-bond donors (Lipinski definition) is 0. The van der Waals surface area contributed by atoms with Crippen molar-refractivity contribution in [3.63, 3.8) is 0 Å². The highest BCUT2D eigenvalue weighted by molar-refractivity contribution is 6.22. The van der Waals surface area contributed by atoms with Crippen molar-refractivity contribution in [2.75, 3.05) is 0 Å². The van der Waals surface area contributed by atoms with Crippen LogP contribution in [0.1, 0.15) is 11.4 Å². The van der Waals surface area contributed by atoms with E-state index in [1.165, 1.54) is 44.0 Å². The van der Waals surface area contributed by atoms with Crippen LogP contribution in [0.25, 0.3) is 99.6 Å². The minimum Gasteiger partial charge on any atom is -0.456 e. The quantitative estimate of drug-likeness (QED) is 0.184. The standard InChI is InChI=1S/C48H29N3O/c1-2-12-30(13-3-1)47-49-43(50-48(51-47)33-24-23-29-11-4-5-14-31(29)27-33)28-32-15-8-21-41-44(32)46-39(20-10-22-42(46)52-41)36-25-26-40-35-17-7-6-16-34(35)37-18-9-19-38(36)45(37)40/h1-27H,28H2. The smallest absolute Gasteiger partial charge is 0.163 e. The fourth-order valence-electron chi connectivity index (χ4n) is 8.20. The van der Waals surface area contributed by atoms with Gasteiger partial charge >= 0.3 is 0 Å². The van der Waals surface area contributed by atoms with Crippen molar-refractivity contribution in [3.05, 3.63) is 175 Å². The molecule has 0 N–H and O–H groups in total. The molecule has 0 bridgehead atoms. The van der Waals surface area contributed by atoms with E-state index in [4.69, 9.17) is 19.4 Å². The van der Waals surface area contributed by atoms with E-state index in [2.05, 4.69) is 146 Å². The predicted octanol–water partition coefficient (Wildman–Crippen LogP) is 12.3. The lowest BCUT2D eigenvalue weighted by Gasteiger charge is -2.12. The lowest BCUT2D eigenvalue weighted by atomic mass is 9.91. The van der Waals surface area contributed by atoms with Gasteiger partial charge in [0, 0.05) is 28.3 Å². The number of furan rings is 1. The summed E-state index contributed by atoms with van der Waals surface area (Å²) >= 11 is 0. The normalized spacial score (nSPS) is 11.9. The Morgan fingerprint density at radius 2 is 1.00 bits per heavy atom. The zero-order chi connectivity index (χ0) is 34.2. The molecule has 1 aliphatic rings. The second-order valence-electron chi connectivity index (χ2n) is 13.5. The van der Waals surface area contributed by atoms with Crippen LogP contribution in [0.4, 0.5) is 0 Å². The van der Waals surface area contributed by atoms with E-state index in [0.29, 0.717) is 23.9 Å². The molecule has 0 unspecified atom stereocenters. The molecule has 0 fully saturated rings. The largest absolute Gasteiger partial charge is 0.456 e. The van der Waals surface area contributed by atoms with Crippen LogP contribution in [0.15, 0.2) is 168 Å². The molecule has 0 saturated heterocycles. The van der Waals surface area contributed by atoms with Crippen molar-refractivity contribution in [1.82, 2.24) is 15.0 Å². The van der Waals surface area contributed by atoms with Crippen LogP contribution in [0.5, 0.6) is 0 Å². The van der Waals surface area contributed by atoms with Crippen LogP contribution in [0.2, 0.25) is 0 Å². The van der Waals surface area contributed by atoms with Gasteiger partial charge in [0.1, 0.15) is 17.0 Å². The van der Waals surface area contributed by atoms with Gasteiger partial charge in [-0.05, 0) is 78.7 Å². The van der Waals surface area contributed by atoms with E-state index in [9.17, 15) is 0 Å². The van der Waals surface area contributed by atoms with Gasteiger partial charge < -0.3 is 4.42 Å². The second-order valence-corrected chi connectivity index (χ2v) is 13.5. The monoisotopic (exact) mass is 663 g/mol. The Morgan fingerprint density at radius 1 is 0.385 bits per heavy atom. The van der Waals surface area contributed by atoms with Crippen molar-refractivity contribution in [2.45, 2.75) is 6.42 Å². The third kappa shape index (κ3) is 4.44. The minimum absolute atomic E-state index is 0.516. The van der Waals surface area contributed by atoms with Gasteiger partial charge in [0.05, 0.1) is 0 Å². The van der Waals surface area contributed by atoms with E-state index in [1.807, 2.05) is 18.2 Å². The molecule has 8 aromatic carbocycles. The number of fused-ring (bicyclic) bond motifs is 7. The molecule has 4 nitrogen and oxygen atoms in total. The summed E-state index contributed by atoms with van der Waals surface area (Å²) in [6.45, 7) is 0. The van der Waals surface area contributed by atoms with E-state index >= 15 is 0 Å². The molecule has 0 amide bonds. The maximum Gasteiger partial charge on any atom is 0.163 e. The van der Waals surface area contributed by atoms with Crippen LogP contribution < -0.4 is 0 Å². The van der Waals surface area contributed by atoms with Crippen molar-refractivity contribution in [1.29, 1.82) is 0 Å². The molecule has 2 heterocycles. The Morgan fingerprint density at radius 3 is 1.83 bits per heavy atom. The van der Waals surface area contributed by atoms with Gasteiger partial charge in [0.15, 0.2) is 11.6 Å². The molecular weight excluding hydrogens is 635 g/mol.